The zero-order valence-corrected chi connectivity index (χ0v) is 8.77. The summed E-state index contributed by atoms with van der Waals surface area (Å²) in [4.78, 5) is 11.5. The Hall–Kier alpha value is -1.36. The molecular weight excluding hydrogens is 194 g/mol. The zero-order chi connectivity index (χ0) is 10.7. The number of nitrogens with one attached hydrogen (secondary N) is 1. The number of carbonyl (C=O) groups is 1. The van der Waals surface area contributed by atoms with Crippen LogP contribution in [-0.2, 0) is 16.1 Å². The highest BCUT2D eigenvalue weighted by molar-refractivity contribution is 5.75. The summed E-state index contributed by atoms with van der Waals surface area (Å²) in [6.45, 7) is 4.52. The molecule has 0 saturated carbocycles. The summed E-state index contributed by atoms with van der Waals surface area (Å²) in [5, 5.41) is 6.85. The highest BCUT2D eigenvalue weighted by atomic mass is 16.5. The van der Waals surface area contributed by atoms with Gasteiger partial charge in [-0.3, -0.25) is 9.48 Å². The number of amides is 1. The lowest BCUT2D eigenvalue weighted by atomic mass is 9.89. The maximum absolute atomic E-state index is 11.5. The summed E-state index contributed by atoms with van der Waals surface area (Å²) in [5.74, 6) is -0.00757. The predicted octanol–water partition coefficient (Wildman–Crippen LogP) is 0.0358. The van der Waals surface area contributed by atoms with Crippen LogP contribution in [-0.4, -0.2) is 35.4 Å². The van der Waals surface area contributed by atoms with E-state index in [-0.39, 0.29) is 17.9 Å². The summed E-state index contributed by atoms with van der Waals surface area (Å²) < 4.78 is 6.71. The molecule has 1 N–H and O–H groups in total. The lowest BCUT2D eigenvalue weighted by Crippen LogP contribution is -2.49. The first-order valence-corrected chi connectivity index (χ1v) is 5.00. The second-order valence-corrected chi connectivity index (χ2v) is 4.28. The van der Waals surface area contributed by atoms with Gasteiger partial charge in [0.2, 0.25) is 5.91 Å². The molecule has 0 aromatic carbocycles. The van der Waals surface area contributed by atoms with Crippen LogP contribution in [0.3, 0.4) is 0 Å². The van der Waals surface area contributed by atoms with E-state index in [0.29, 0.717) is 6.54 Å². The number of hydrogen-bond donors (Lipinski definition) is 1. The van der Waals surface area contributed by atoms with E-state index < -0.39 is 0 Å². The summed E-state index contributed by atoms with van der Waals surface area (Å²) in [5.41, 5.74) is 0.125. The molecule has 0 aliphatic carbocycles. The fraction of sp³-hybridized carbons (Fsp3) is 0.600. The molecule has 0 unspecified atom stereocenters. The van der Waals surface area contributed by atoms with Crippen molar-refractivity contribution in [2.24, 2.45) is 5.41 Å². The molecule has 1 fully saturated rings. The Morgan fingerprint density at radius 2 is 2.47 bits per heavy atom. The highest BCUT2D eigenvalue weighted by Crippen LogP contribution is 2.24. The van der Waals surface area contributed by atoms with Gasteiger partial charge in [0.1, 0.15) is 6.54 Å². The van der Waals surface area contributed by atoms with Crippen LogP contribution in [0.5, 0.6) is 0 Å². The first kappa shape index (κ1) is 10.2. The van der Waals surface area contributed by atoms with Crippen molar-refractivity contribution >= 4 is 5.91 Å². The molecule has 2 heterocycles. The molecule has 1 aliphatic rings. The Bertz CT molecular complexity index is 330. The van der Waals surface area contributed by atoms with Crippen LogP contribution in [0.4, 0.5) is 0 Å². The fourth-order valence-electron chi connectivity index (χ4n) is 1.46. The largest absolute Gasteiger partial charge is 0.380 e. The average Bonchev–Trinajstić information content (AvgIpc) is 2.64. The fourth-order valence-corrected chi connectivity index (χ4v) is 1.46. The van der Waals surface area contributed by atoms with Crippen molar-refractivity contribution in [2.75, 3.05) is 19.8 Å². The van der Waals surface area contributed by atoms with Crippen LogP contribution in [0.15, 0.2) is 18.5 Å². The molecule has 0 bridgehead atoms. The quantitative estimate of drug-likeness (QED) is 0.761. The van der Waals surface area contributed by atoms with Gasteiger partial charge in [0, 0.05) is 24.4 Å². The molecular formula is C10H15N3O2. The van der Waals surface area contributed by atoms with Crippen LogP contribution in [0.25, 0.3) is 0 Å². The minimum atomic E-state index is -0.00757. The van der Waals surface area contributed by atoms with Crippen LogP contribution in [0, 0.1) is 5.41 Å². The smallest absolute Gasteiger partial charge is 0.241 e. The predicted molar refractivity (Wildman–Crippen MR) is 54.2 cm³/mol. The molecule has 15 heavy (non-hydrogen) atoms. The molecule has 0 atom stereocenters. The highest BCUT2D eigenvalue weighted by Gasteiger charge is 2.33. The first-order chi connectivity index (χ1) is 7.18. The maximum atomic E-state index is 11.5. The van der Waals surface area contributed by atoms with Crippen molar-refractivity contribution in [3.8, 4) is 0 Å². The van der Waals surface area contributed by atoms with Crippen molar-refractivity contribution in [1.82, 2.24) is 15.1 Å². The van der Waals surface area contributed by atoms with E-state index >= 15 is 0 Å². The van der Waals surface area contributed by atoms with Crippen LogP contribution < -0.4 is 5.32 Å². The second kappa shape index (κ2) is 4.02. The van der Waals surface area contributed by atoms with Crippen LogP contribution >= 0.6 is 0 Å². The molecule has 1 saturated heterocycles. The molecule has 0 spiro atoms. The van der Waals surface area contributed by atoms with Crippen molar-refractivity contribution < 1.29 is 9.53 Å². The lowest BCUT2D eigenvalue weighted by Gasteiger charge is -2.37. The number of ether oxygens (including phenoxy) is 1. The molecule has 5 nitrogen and oxygen atoms in total. The van der Waals surface area contributed by atoms with Crippen molar-refractivity contribution in [3.05, 3.63) is 18.5 Å². The van der Waals surface area contributed by atoms with E-state index in [0.717, 1.165) is 13.2 Å². The minimum absolute atomic E-state index is 0.00757. The SMILES string of the molecule is CC1(CNC(=O)Cn2cccn2)COC1. The molecule has 2 rings (SSSR count). The summed E-state index contributed by atoms with van der Waals surface area (Å²) in [7, 11) is 0. The summed E-state index contributed by atoms with van der Waals surface area (Å²) >= 11 is 0. The van der Waals surface area contributed by atoms with E-state index in [2.05, 4.69) is 17.3 Å². The van der Waals surface area contributed by atoms with Gasteiger partial charge in [-0.1, -0.05) is 6.92 Å². The normalized spacial score (nSPS) is 18.2. The first-order valence-electron chi connectivity index (χ1n) is 5.00. The Morgan fingerprint density at radius 1 is 1.67 bits per heavy atom. The Morgan fingerprint density at radius 3 is 3.00 bits per heavy atom. The Labute approximate surface area is 88.4 Å². The molecule has 5 heteroatoms. The molecule has 1 amide bonds. The minimum Gasteiger partial charge on any atom is -0.380 e. The van der Waals surface area contributed by atoms with E-state index in [4.69, 9.17) is 4.74 Å². The summed E-state index contributed by atoms with van der Waals surface area (Å²) in [6.07, 6.45) is 3.43. The van der Waals surface area contributed by atoms with Crippen molar-refractivity contribution in [1.29, 1.82) is 0 Å². The third-order valence-electron chi connectivity index (χ3n) is 2.48. The molecule has 1 aromatic rings. The molecule has 0 radical (unpaired) electrons. The van der Waals surface area contributed by atoms with Gasteiger partial charge in [-0.15, -0.1) is 0 Å². The Kier molecular flexibility index (Phi) is 2.73. The molecule has 1 aliphatic heterocycles. The van der Waals surface area contributed by atoms with E-state index in [9.17, 15) is 4.79 Å². The van der Waals surface area contributed by atoms with Gasteiger partial charge in [-0.25, -0.2) is 0 Å². The third-order valence-corrected chi connectivity index (χ3v) is 2.48. The van der Waals surface area contributed by atoms with Gasteiger partial charge in [-0.2, -0.15) is 5.10 Å². The second-order valence-electron chi connectivity index (χ2n) is 4.28. The Balaban J connectivity index is 1.73. The van der Waals surface area contributed by atoms with Gasteiger partial charge in [0.05, 0.1) is 13.2 Å². The van der Waals surface area contributed by atoms with E-state index in [1.54, 1.807) is 23.1 Å². The topological polar surface area (TPSA) is 56.2 Å². The average molecular weight is 209 g/mol. The van der Waals surface area contributed by atoms with Gasteiger partial charge in [-0.05, 0) is 6.07 Å². The van der Waals surface area contributed by atoms with Crippen molar-refractivity contribution in [3.63, 3.8) is 0 Å². The number of aromatic nitrogens is 2. The maximum Gasteiger partial charge on any atom is 0.241 e. The molecule has 82 valence electrons. The van der Waals surface area contributed by atoms with Crippen LogP contribution in [0.2, 0.25) is 0 Å². The summed E-state index contributed by atoms with van der Waals surface area (Å²) in [6, 6.07) is 1.80. The lowest BCUT2D eigenvalue weighted by molar-refractivity contribution is -0.127. The van der Waals surface area contributed by atoms with Gasteiger partial charge < -0.3 is 10.1 Å². The number of carbonyl (C=O) groups excluding carboxylic acids is 1. The van der Waals surface area contributed by atoms with Gasteiger partial charge in [0.25, 0.3) is 0 Å². The van der Waals surface area contributed by atoms with Gasteiger partial charge in [0.15, 0.2) is 0 Å². The standard InChI is InChI=1S/C10H15N3O2/c1-10(7-15-8-10)6-11-9(14)5-13-4-2-3-12-13/h2-4H,5-8H2,1H3,(H,11,14). The third kappa shape index (κ3) is 2.56. The van der Waals surface area contributed by atoms with E-state index in [1.165, 1.54) is 0 Å². The number of rotatable bonds is 4. The van der Waals surface area contributed by atoms with Crippen molar-refractivity contribution in [2.45, 2.75) is 13.5 Å². The number of nitrogens with zero attached hydrogens (tertiary/aromatic N) is 2. The van der Waals surface area contributed by atoms with Gasteiger partial charge >= 0.3 is 0 Å². The monoisotopic (exact) mass is 209 g/mol. The van der Waals surface area contributed by atoms with E-state index in [1.807, 2.05) is 0 Å². The molecule has 1 aromatic heterocycles. The van der Waals surface area contributed by atoms with Crippen LogP contribution in [0.1, 0.15) is 6.92 Å². The number of hydrogen-bond acceptors (Lipinski definition) is 3. The zero-order valence-electron chi connectivity index (χ0n) is 8.77.